The number of benzene rings is 1. The average molecular weight is 340 g/mol. The SMILES string of the molecule is CCNC(c1ccoc1)c1ccc(OC)c(Br)c1OC. The molecule has 0 amide bonds. The van der Waals surface area contributed by atoms with Gasteiger partial charge in [-0.2, -0.15) is 0 Å². The maximum atomic E-state index is 5.55. The minimum absolute atomic E-state index is 0.0101. The van der Waals surface area contributed by atoms with E-state index in [-0.39, 0.29) is 6.04 Å². The number of halogens is 1. The van der Waals surface area contributed by atoms with E-state index in [1.165, 1.54) is 0 Å². The minimum atomic E-state index is 0.0101. The van der Waals surface area contributed by atoms with E-state index in [9.17, 15) is 0 Å². The molecule has 0 aliphatic heterocycles. The van der Waals surface area contributed by atoms with E-state index in [4.69, 9.17) is 13.9 Å². The Bertz CT molecular complexity index is 554. The first-order chi connectivity index (χ1) is 9.72. The molecule has 0 bridgehead atoms. The number of furan rings is 1. The topological polar surface area (TPSA) is 43.6 Å². The highest BCUT2D eigenvalue weighted by molar-refractivity contribution is 9.10. The third-order valence-electron chi connectivity index (χ3n) is 3.11. The monoisotopic (exact) mass is 339 g/mol. The molecule has 1 N–H and O–H groups in total. The highest BCUT2D eigenvalue weighted by Gasteiger charge is 2.22. The van der Waals surface area contributed by atoms with Crippen LogP contribution in [0.3, 0.4) is 0 Å². The van der Waals surface area contributed by atoms with Gasteiger partial charge in [0.2, 0.25) is 0 Å². The van der Waals surface area contributed by atoms with Crippen molar-refractivity contribution in [2.24, 2.45) is 0 Å². The van der Waals surface area contributed by atoms with Gasteiger partial charge in [0.05, 0.1) is 32.8 Å². The van der Waals surface area contributed by atoms with E-state index in [1.807, 2.05) is 18.2 Å². The van der Waals surface area contributed by atoms with Crippen LogP contribution in [0.2, 0.25) is 0 Å². The third-order valence-corrected chi connectivity index (χ3v) is 3.86. The van der Waals surface area contributed by atoms with Gasteiger partial charge in [0.25, 0.3) is 0 Å². The molecule has 1 unspecified atom stereocenters. The zero-order valence-corrected chi connectivity index (χ0v) is 13.4. The predicted octanol–water partition coefficient (Wildman–Crippen LogP) is 3.76. The van der Waals surface area contributed by atoms with Gasteiger partial charge in [-0.15, -0.1) is 0 Å². The fourth-order valence-corrected chi connectivity index (χ4v) is 2.88. The Labute approximate surface area is 127 Å². The fraction of sp³-hybridized carbons (Fsp3) is 0.333. The Kier molecular flexibility index (Phi) is 5.09. The first-order valence-corrected chi connectivity index (χ1v) is 7.18. The molecule has 4 nitrogen and oxygen atoms in total. The summed E-state index contributed by atoms with van der Waals surface area (Å²) in [6.07, 6.45) is 3.41. The Balaban J connectivity index is 2.51. The van der Waals surface area contributed by atoms with Gasteiger partial charge in [-0.05, 0) is 40.7 Å². The van der Waals surface area contributed by atoms with Crippen molar-refractivity contribution in [1.82, 2.24) is 5.32 Å². The normalized spacial score (nSPS) is 12.2. The van der Waals surface area contributed by atoms with Gasteiger partial charge < -0.3 is 19.2 Å². The van der Waals surface area contributed by atoms with E-state index in [1.54, 1.807) is 26.7 Å². The molecule has 2 aromatic rings. The first-order valence-electron chi connectivity index (χ1n) is 6.38. The second kappa shape index (κ2) is 6.81. The molecular formula is C15H18BrNO3. The molecule has 0 saturated carbocycles. The lowest BCUT2D eigenvalue weighted by Gasteiger charge is -2.21. The number of rotatable bonds is 6. The van der Waals surface area contributed by atoms with Gasteiger partial charge in [0, 0.05) is 11.1 Å². The Morgan fingerprint density at radius 1 is 1.25 bits per heavy atom. The number of hydrogen-bond donors (Lipinski definition) is 1. The Hall–Kier alpha value is -1.46. The zero-order valence-electron chi connectivity index (χ0n) is 11.8. The second-order valence-corrected chi connectivity index (χ2v) is 5.04. The maximum Gasteiger partial charge on any atom is 0.141 e. The number of methoxy groups -OCH3 is 2. The van der Waals surface area contributed by atoms with Gasteiger partial charge in [-0.3, -0.25) is 0 Å². The Morgan fingerprint density at radius 3 is 2.60 bits per heavy atom. The molecule has 1 atom stereocenters. The molecule has 1 aromatic carbocycles. The lowest BCUT2D eigenvalue weighted by molar-refractivity contribution is 0.382. The van der Waals surface area contributed by atoms with E-state index >= 15 is 0 Å². The lowest BCUT2D eigenvalue weighted by Crippen LogP contribution is -2.22. The predicted molar refractivity (Wildman–Crippen MR) is 81.5 cm³/mol. The standard InChI is InChI=1S/C15H18BrNO3/c1-4-17-14(10-7-8-20-9-10)11-5-6-12(18-2)13(16)15(11)19-3/h5-9,14,17H,4H2,1-3H3. The highest BCUT2D eigenvalue weighted by atomic mass is 79.9. The van der Waals surface area contributed by atoms with Crippen LogP contribution in [0.1, 0.15) is 24.1 Å². The van der Waals surface area contributed by atoms with Crippen molar-refractivity contribution in [2.75, 3.05) is 20.8 Å². The molecule has 0 aliphatic carbocycles. The quantitative estimate of drug-likeness (QED) is 0.870. The van der Waals surface area contributed by atoms with Crippen molar-refractivity contribution in [3.8, 4) is 11.5 Å². The van der Waals surface area contributed by atoms with Crippen molar-refractivity contribution in [3.63, 3.8) is 0 Å². The minimum Gasteiger partial charge on any atom is -0.495 e. The molecular weight excluding hydrogens is 322 g/mol. The molecule has 0 spiro atoms. The van der Waals surface area contributed by atoms with Crippen LogP contribution in [0, 0.1) is 0 Å². The van der Waals surface area contributed by atoms with Crippen LogP contribution < -0.4 is 14.8 Å². The summed E-state index contributed by atoms with van der Waals surface area (Å²) in [4.78, 5) is 0. The molecule has 0 fully saturated rings. The Morgan fingerprint density at radius 2 is 2.05 bits per heavy atom. The van der Waals surface area contributed by atoms with Crippen LogP contribution in [0.15, 0.2) is 39.6 Å². The number of ether oxygens (including phenoxy) is 2. The van der Waals surface area contributed by atoms with Crippen molar-refractivity contribution >= 4 is 15.9 Å². The van der Waals surface area contributed by atoms with Gasteiger partial charge in [0.15, 0.2) is 0 Å². The van der Waals surface area contributed by atoms with Crippen molar-refractivity contribution in [3.05, 3.63) is 46.3 Å². The van der Waals surface area contributed by atoms with E-state index in [0.29, 0.717) is 0 Å². The van der Waals surface area contributed by atoms with Gasteiger partial charge in [0.1, 0.15) is 16.0 Å². The van der Waals surface area contributed by atoms with Crippen molar-refractivity contribution in [2.45, 2.75) is 13.0 Å². The van der Waals surface area contributed by atoms with Crippen LogP contribution in [0.5, 0.6) is 11.5 Å². The van der Waals surface area contributed by atoms with Crippen LogP contribution in [0.25, 0.3) is 0 Å². The number of hydrogen-bond acceptors (Lipinski definition) is 4. The lowest BCUT2D eigenvalue weighted by atomic mass is 10.00. The van der Waals surface area contributed by atoms with Crippen LogP contribution in [-0.2, 0) is 0 Å². The van der Waals surface area contributed by atoms with E-state index in [2.05, 4.69) is 28.2 Å². The smallest absolute Gasteiger partial charge is 0.141 e. The third kappa shape index (κ3) is 2.83. The van der Waals surface area contributed by atoms with Crippen molar-refractivity contribution < 1.29 is 13.9 Å². The number of nitrogens with one attached hydrogen (secondary N) is 1. The van der Waals surface area contributed by atoms with E-state index in [0.717, 1.165) is 33.6 Å². The molecule has 0 aliphatic rings. The summed E-state index contributed by atoms with van der Waals surface area (Å²) in [5.41, 5.74) is 2.09. The summed E-state index contributed by atoms with van der Waals surface area (Å²) in [6, 6.07) is 5.89. The molecule has 2 rings (SSSR count). The summed E-state index contributed by atoms with van der Waals surface area (Å²) in [6.45, 7) is 2.90. The summed E-state index contributed by atoms with van der Waals surface area (Å²) in [7, 11) is 3.29. The molecule has 20 heavy (non-hydrogen) atoms. The summed E-state index contributed by atoms with van der Waals surface area (Å²) in [5, 5.41) is 3.44. The maximum absolute atomic E-state index is 5.55. The van der Waals surface area contributed by atoms with Gasteiger partial charge in [-0.25, -0.2) is 0 Å². The highest BCUT2D eigenvalue weighted by Crippen LogP contribution is 2.41. The van der Waals surface area contributed by atoms with Crippen LogP contribution in [-0.4, -0.2) is 20.8 Å². The van der Waals surface area contributed by atoms with Crippen molar-refractivity contribution in [1.29, 1.82) is 0 Å². The molecule has 0 saturated heterocycles. The summed E-state index contributed by atoms with van der Waals surface area (Å²) >= 11 is 3.53. The molecule has 5 heteroatoms. The average Bonchev–Trinajstić information content (AvgIpc) is 2.98. The molecule has 1 aromatic heterocycles. The molecule has 1 heterocycles. The first kappa shape index (κ1) is 14.9. The zero-order chi connectivity index (χ0) is 14.5. The largest absolute Gasteiger partial charge is 0.495 e. The second-order valence-electron chi connectivity index (χ2n) is 4.25. The molecule has 0 radical (unpaired) electrons. The van der Waals surface area contributed by atoms with Crippen LogP contribution >= 0.6 is 15.9 Å². The summed E-state index contributed by atoms with van der Waals surface area (Å²) < 4.78 is 16.9. The van der Waals surface area contributed by atoms with Gasteiger partial charge in [-0.1, -0.05) is 6.92 Å². The van der Waals surface area contributed by atoms with E-state index < -0.39 is 0 Å². The van der Waals surface area contributed by atoms with Crippen LogP contribution in [0.4, 0.5) is 0 Å². The van der Waals surface area contributed by atoms with Gasteiger partial charge >= 0.3 is 0 Å². The fourth-order valence-electron chi connectivity index (χ4n) is 2.20. The summed E-state index contributed by atoms with van der Waals surface area (Å²) in [5.74, 6) is 1.50. The molecule has 108 valence electrons.